The lowest BCUT2D eigenvalue weighted by Crippen LogP contribution is -2.57. The molecule has 3 atom stereocenters. The average molecular weight is 231 g/mol. The first-order valence-corrected chi connectivity index (χ1v) is 5.72. The van der Waals surface area contributed by atoms with Crippen molar-refractivity contribution in [2.75, 3.05) is 7.05 Å². The molecule has 0 radical (unpaired) electrons. The van der Waals surface area contributed by atoms with Gasteiger partial charge >= 0.3 is 0 Å². The van der Waals surface area contributed by atoms with Gasteiger partial charge < -0.3 is 16.2 Å². The van der Waals surface area contributed by atoms with E-state index in [-0.39, 0.29) is 17.9 Å². The molecule has 0 bridgehead atoms. The minimum Gasteiger partial charge on any atom is -0.377 e. The minimum atomic E-state index is -0.787. The smallest absolute Gasteiger partial charge is 0.234 e. The molecule has 0 aromatic carbocycles. The van der Waals surface area contributed by atoms with Gasteiger partial charge in [-0.15, -0.1) is 0 Å². The van der Waals surface area contributed by atoms with Crippen molar-refractivity contribution in [3.63, 3.8) is 0 Å². The predicted octanol–water partition coefficient (Wildman–Crippen LogP) is -0.352. The molecule has 0 saturated heterocycles. The second-order valence-electron chi connectivity index (χ2n) is 4.79. The summed E-state index contributed by atoms with van der Waals surface area (Å²) in [7, 11) is 1.78. The fourth-order valence-corrected chi connectivity index (χ4v) is 1.75. The third-order valence-corrected chi connectivity index (χ3v) is 2.72. The maximum Gasteiger partial charge on any atom is 0.234 e. The van der Waals surface area contributed by atoms with Gasteiger partial charge in [-0.1, -0.05) is 27.7 Å². The molecule has 0 spiro atoms. The van der Waals surface area contributed by atoms with E-state index in [0.29, 0.717) is 0 Å². The number of primary amides is 1. The van der Waals surface area contributed by atoms with Crippen molar-refractivity contribution in [1.82, 2.24) is 10.6 Å². The highest BCUT2D eigenvalue weighted by atomic mass is 16.3. The number of hydrogen-bond donors (Lipinski definition) is 4. The van der Waals surface area contributed by atoms with Crippen LogP contribution in [0.1, 0.15) is 27.7 Å². The first kappa shape index (κ1) is 15.3. The van der Waals surface area contributed by atoms with Crippen molar-refractivity contribution in [1.29, 1.82) is 0 Å². The molecule has 16 heavy (non-hydrogen) atoms. The summed E-state index contributed by atoms with van der Waals surface area (Å²) in [5.41, 5.74) is 5.27. The van der Waals surface area contributed by atoms with Gasteiger partial charge in [0.15, 0.2) is 0 Å². The topological polar surface area (TPSA) is 87.4 Å². The monoisotopic (exact) mass is 231 g/mol. The van der Waals surface area contributed by atoms with Gasteiger partial charge in [-0.05, 0) is 18.9 Å². The van der Waals surface area contributed by atoms with Crippen LogP contribution >= 0.6 is 0 Å². The summed E-state index contributed by atoms with van der Waals surface area (Å²) in [4.78, 5) is 11.2. The molecule has 0 aromatic heterocycles. The predicted molar refractivity (Wildman–Crippen MR) is 64.6 cm³/mol. The van der Waals surface area contributed by atoms with Gasteiger partial charge in [0.1, 0.15) is 6.23 Å². The first-order valence-electron chi connectivity index (χ1n) is 5.72. The van der Waals surface area contributed by atoms with Gasteiger partial charge in [0.2, 0.25) is 5.91 Å². The van der Waals surface area contributed by atoms with Crippen molar-refractivity contribution < 1.29 is 9.90 Å². The summed E-state index contributed by atoms with van der Waals surface area (Å²) in [6.07, 6.45) is -0.787. The van der Waals surface area contributed by atoms with Crippen LogP contribution in [0, 0.1) is 11.8 Å². The Bertz CT molecular complexity index is 219. The molecule has 0 aliphatic rings. The highest BCUT2D eigenvalue weighted by Crippen LogP contribution is 2.08. The molecule has 5 N–H and O–H groups in total. The lowest BCUT2D eigenvalue weighted by atomic mass is 9.99. The summed E-state index contributed by atoms with van der Waals surface area (Å²) < 4.78 is 0. The fourth-order valence-electron chi connectivity index (χ4n) is 1.75. The number of amides is 1. The average Bonchev–Trinajstić information content (AvgIpc) is 2.13. The molecule has 0 saturated carbocycles. The van der Waals surface area contributed by atoms with Crippen LogP contribution in [0.4, 0.5) is 0 Å². The maximum absolute atomic E-state index is 11.2. The van der Waals surface area contributed by atoms with E-state index >= 15 is 0 Å². The third kappa shape index (κ3) is 4.47. The summed E-state index contributed by atoms with van der Waals surface area (Å²) in [5, 5.41) is 15.9. The number of nitrogens with one attached hydrogen (secondary N) is 2. The molecule has 0 heterocycles. The number of hydrogen-bond acceptors (Lipinski definition) is 4. The van der Waals surface area contributed by atoms with E-state index in [4.69, 9.17) is 5.73 Å². The molecular formula is C11H25N3O2. The third-order valence-electron chi connectivity index (χ3n) is 2.72. The summed E-state index contributed by atoms with van der Waals surface area (Å²) in [6, 6.07) is -0.620. The largest absolute Gasteiger partial charge is 0.377 e. The molecule has 0 aromatic rings. The normalized spacial score (nSPS) is 17.5. The quantitative estimate of drug-likeness (QED) is 0.451. The minimum absolute atomic E-state index is 0.0526. The zero-order valence-corrected chi connectivity index (χ0v) is 10.8. The molecule has 1 unspecified atom stereocenters. The number of aliphatic hydroxyl groups excluding tert-OH is 1. The van der Waals surface area contributed by atoms with Crippen LogP contribution in [-0.2, 0) is 4.79 Å². The zero-order valence-electron chi connectivity index (χ0n) is 10.8. The lowest BCUT2D eigenvalue weighted by molar-refractivity contribution is -0.122. The molecule has 5 nitrogen and oxygen atoms in total. The van der Waals surface area contributed by atoms with E-state index in [1.54, 1.807) is 7.05 Å². The Labute approximate surface area is 97.8 Å². The van der Waals surface area contributed by atoms with Gasteiger partial charge in [0.05, 0.1) is 6.04 Å². The summed E-state index contributed by atoms with van der Waals surface area (Å²) in [6.45, 7) is 7.78. The van der Waals surface area contributed by atoms with Crippen molar-refractivity contribution in [3.05, 3.63) is 0 Å². The van der Waals surface area contributed by atoms with Gasteiger partial charge in [-0.2, -0.15) is 0 Å². The molecule has 0 aliphatic carbocycles. The second-order valence-corrected chi connectivity index (χ2v) is 4.79. The van der Waals surface area contributed by atoms with Crippen molar-refractivity contribution in [2.24, 2.45) is 17.6 Å². The Kier molecular flexibility index (Phi) is 6.55. The lowest BCUT2D eigenvalue weighted by Gasteiger charge is -2.30. The van der Waals surface area contributed by atoms with Crippen LogP contribution in [0.25, 0.3) is 0 Å². The van der Waals surface area contributed by atoms with Crippen molar-refractivity contribution >= 4 is 5.91 Å². The van der Waals surface area contributed by atoms with Crippen LogP contribution in [0.2, 0.25) is 0 Å². The summed E-state index contributed by atoms with van der Waals surface area (Å²) in [5.74, 6) is -0.127. The number of aliphatic hydroxyl groups is 1. The highest BCUT2D eigenvalue weighted by Gasteiger charge is 2.27. The first-order chi connectivity index (χ1) is 7.31. The molecule has 1 amide bonds. The second kappa shape index (κ2) is 6.83. The van der Waals surface area contributed by atoms with E-state index in [1.165, 1.54) is 0 Å². The maximum atomic E-state index is 11.2. The highest BCUT2D eigenvalue weighted by molar-refractivity contribution is 5.80. The standard InChI is InChI=1S/C11H25N3O2/c1-6(2)8(10(12)15)14-11(16)9(13-5)7(3)4/h6-9,11,13-14,16H,1-5H3,(H2,12,15)/t8-,9+,11?/m0/s1. The number of carbonyl (C=O) groups excluding carboxylic acids is 1. The van der Waals surface area contributed by atoms with Crippen LogP contribution in [0.5, 0.6) is 0 Å². The Morgan fingerprint density at radius 1 is 1.19 bits per heavy atom. The molecule has 5 heteroatoms. The fraction of sp³-hybridized carbons (Fsp3) is 0.909. The van der Waals surface area contributed by atoms with E-state index < -0.39 is 18.2 Å². The molecular weight excluding hydrogens is 206 g/mol. The summed E-state index contributed by atoms with van der Waals surface area (Å²) >= 11 is 0. The Hall–Kier alpha value is -0.650. The molecule has 96 valence electrons. The SMILES string of the molecule is CN[C@H](C(C)C)C(O)N[C@H](C(N)=O)C(C)C. The van der Waals surface area contributed by atoms with Gasteiger partial charge in [-0.25, -0.2) is 0 Å². The van der Waals surface area contributed by atoms with E-state index in [1.807, 2.05) is 27.7 Å². The van der Waals surface area contributed by atoms with Crippen molar-refractivity contribution in [2.45, 2.75) is 46.0 Å². The number of likely N-dealkylation sites (N-methyl/N-ethyl adjacent to an activating group) is 1. The van der Waals surface area contributed by atoms with Crippen molar-refractivity contribution in [3.8, 4) is 0 Å². The number of nitrogens with two attached hydrogens (primary N) is 1. The van der Waals surface area contributed by atoms with Gasteiger partial charge in [-0.3, -0.25) is 10.1 Å². The Morgan fingerprint density at radius 2 is 1.69 bits per heavy atom. The zero-order chi connectivity index (χ0) is 12.9. The number of carbonyl (C=O) groups is 1. The van der Waals surface area contributed by atoms with Crippen LogP contribution in [0.15, 0.2) is 0 Å². The van der Waals surface area contributed by atoms with E-state index in [0.717, 1.165) is 0 Å². The van der Waals surface area contributed by atoms with Gasteiger partial charge in [0, 0.05) is 6.04 Å². The van der Waals surface area contributed by atoms with Gasteiger partial charge in [0.25, 0.3) is 0 Å². The Morgan fingerprint density at radius 3 is 1.94 bits per heavy atom. The molecule has 0 fully saturated rings. The molecule has 0 rings (SSSR count). The van der Waals surface area contributed by atoms with E-state index in [9.17, 15) is 9.90 Å². The van der Waals surface area contributed by atoms with Crippen LogP contribution in [-0.4, -0.2) is 36.4 Å². The van der Waals surface area contributed by atoms with Crippen LogP contribution in [0.3, 0.4) is 0 Å². The van der Waals surface area contributed by atoms with Crippen LogP contribution < -0.4 is 16.4 Å². The Balaban J connectivity index is 4.49. The van der Waals surface area contributed by atoms with E-state index in [2.05, 4.69) is 10.6 Å². The molecule has 0 aliphatic heterocycles. The number of rotatable bonds is 7.